The highest BCUT2D eigenvalue weighted by molar-refractivity contribution is 5.74. The third-order valence-electron chi connectivity index (χ3n) is 1.30. The van der Waals surface area contributed by atoms with Crippen molar-refractivity contribution < 1.29 is 9.53 Å². The average molecular weight is 166 g/mol. The van der Waals surface area contributed by atoms with E-state index >= 15 is 0 Å². The van der Waals surface area contributed by atoms with Gasteiger partial charge < -0.3 is 4.74 Å². The molecule has 0 saturated carbocycles. The maximum absolute atomic E-state index is 10.8. The molecule has 0 aromatic carbocycles. The van der Waals surface area contributed by atoms with E-state index in [9.17, 15) is 4.79 Å². The Morgan fingerprint density at radius 2 is 2.33 bits per heavy atom. The monoisotopic (exact) mass is 166 g/mol. The van der Waals surface area contributed by atoms with Crippen molar-refractivity contribution in [3.63, 3.8) is 0 Å². The Labute approximate surface area is 70.8 Å². The van der Waals surface area contributed by atoms with Gasteiger partial charge in [0.05, 0.1) is 7.11 Å². The first-order valence-electron chi connectivity index (χ1n) is 3.54. The predicted molar refractivity (Wildman–Crippen MR) is 45.5 cm³/mol. The highest BCUT2D eigenvalue weighted by atomic mass is 16.5. The summed E-state index contributed by atoms with van der Waals surface area (Å²) in [7, 11) is 1.35. The lowest BCUT2D eigenvalue weighted by molar-refractivity contribution is -0.141. The molecule has 12 heavy (non-hydrogen) atoms. The van der Waals surface area contributed by atoms with E-state index in [0.29, 0.717) is 0 Å². The van der Waals surface area contributed by atoms with Crippen LogP contribution in [0.2, 0.25) is 0 Å². The van der Waals surface area contributed by atoms with E-state index in [0.717, 1.165) is 0 Å². The molecule has 0 N–H and O–H groups in total. The van der Waals surface area contributed by atoms with Gasteiger partial charge in [0.15, 0.2) is 0 Å². The zero-order chi connectivity index (χ0) is 8.81. The Morgan fingerprint density at radius 1 is 1.50 bits per heavy atom. The lowest BCUT2D eigenvalue weighted by Gasteiger charge is -2.10. The summed E-state index contributed by atoms with van der Waals surface area (Å²) in [5.74, 6) is -0.307. The lowest BCUT2D eigenvalue weighted by Crippen LogP contribution is -2.21. The molecule has 0 fully saturated rings. The minimum absolute atomic E-state index is 0.144. The number of rotatable bonds is 2. The molecule has 0 spiro atoms. The van der Waals surface area contributed by atoms with Crippen LogP contribution in [0.25, 0.3) is 0 Å². The van der Waals surface area contributed by atoms with Gasteiger partial charge >= 0.3 is 5.97 Å². The fourth-order valence-electron chi connectivity index (χ4n) is 0.716. The van der Waals surface area contributed by atoms with E-state index in [4.69, 9.17) is 0 Å². The predicted octanol–water partition coefficient (Wildman–Crippen LogP) is 0.531. The average Bonchev–Trinajstić information content (AvgIpc) is 2.33. The maximum Gasteiger partial charge on any atom is 0.327 e. The van der Waals surface area contributed by atoms with Gasteiger partial charge in [-0.05, 0) is 12.2 Å². The molecule has 4 heteroatoms. The molecule has 0 saturated heterocycles. The summed E-state index contributed by atoms with van der Waals surface area (Å²) >= 11 is 0. The van der Waals surface area contributed by atoms with Crippen LogP contribution in [-0.2, 0) is 9.53 Å². The van der Waals surface area contributed by atoms with Gasteiger partial charge in [-0.2, -0.15) is 5.10 Å². The Balaban J connectivity index is 2.48. The van der Waals surface area contributed by atoms with Gasteiger partial charge in [0.1, 0.15) is 6.54 Å². The fraction of sp³-hybridized carbons (Fsp3) is 0.250. The zero-order valence-corrected chi connectivity index (χ0v) is 6.80. The Bertz CT molecular complexity index is 227. The molecule has 1 rings (SSSR count). The molecule has 0 amide bonds. The van der Waals surface area contributed by atoms with Crippen molar-refractivity contribution in [1.82, 2.24) is 5.01 Å². The third kappa shape index (κ3) is 2.57. The summed E-state index contributed by atoms with van der Waals surface area (Å²) in [5.41, 5.74) is 0. The second-order valence-corrected chi connectivity index (χ2v) is 2.16. The van der Waals surface area contributed by atoms with Crippen LogP contribution in [0.15, 0.2) is 29.5 Å². The molecule has 0 atom stereocenters. The Kier molecular flexibility index (Phi) is 3.07. The summed E-state index contributed by atoms with van der Waals surface area (Å²) < 4.78 is 4.48. The standard InChI is InChI=1S/C8H10N2O2/c1-12-8(11)7-10-6-4-2-3-5-9-10/h2-6H,7H2,1H3. The van der Waals surface area contributed by atoms with E-state index in [1.807, 2.05) is 6.08 Å². The first kappa shape index (κ1) is 8.52. The molecule has 1 heterocycles. The second-order valence-electron chi connectivity index (χ2n) is 2.16. The number of hydrazone groups is 1. The number of hydrogen-bond acceptors (Lipinski definition) is 4. The number of esters is 1. The number of methoxy groups -OCH3 is 1. The molecule has 4 nitrogen and oxygen atoms in total. The van der Waals surface area contributed by atoms with Crippen LogP contribution in [-0.4, -0.2) is 30.8 Å². The zero-order valence-electron chi connectivity index (χ0n) is 6.80. The second kappa shape index (κ2) is 4.33. The van der Waals surface area contributed by atoms with Gasteiger partial charge in [0.25, 0.3) is 0 Å². The van der Waals surface area contributed by atoms with Gasteiger partial charge in [0, 0.05) is 12.4 Å². The van der Waals surface area contributed by atoms with Crippen molar-refractivity contribution in [2.75, 3.05) is 13.7 Å². The van der Waals surface area contributed by atoms with Crippen molar-refractivity contribution >= 4 is 12.2 Å². The number of allylic oxidation sites excluding steroid dienone is 3. The fourth-order valence-corrected chi connectivity index (χ4v) is 0.716. The van der Waals surface area contributed by atoms with Gasteiger partial charge in [0.2, 0.25) is 0 Å². The summed E-state index contributed by atoms with van der Waals surface area (Å²) in [6.45, 7) is 0.144. The molecule has 0 radical (unpaired) electrons. The smallest absolute Gasteiger partial charge is 0.327 e. The number of ether oxygens (including phenoxy) is 1. The Hall–Kier alpha value is -1.58. The lowest BCUT2D eigenvalue weighted by atomic mass is 10.5. The molecule has 0 aromatic heterocycles. The number of carbonyl (C=O) groups is 1. The molecule has 0 aliphatic carbocycles. The van der Waals surface area contributed by atoms with E-state index in [-0.39, 0.29) is 12.5 Å². The highest BCUT2D eigenvalue weighted by Gasteiger charge is 2.04. The van der Waals surface area contributed by atoms with E-state index in [2.05, 4.69) is 9.84 Å². The molecule has 64 valence electrons. The summed E-state index contributed by atoms with van der Waals surface area (Å²) in [4.78, 5) is 10.8. The van der Waals surface area contributed by atoms with Gasteiger partial charge in [-0.25, -0.2) is 0 Å². The molecule has 1 aliphatic heterocycles. The number of nitrogens with zero attached hydrogens (tertiary/aromatic N) is 2. The van der Waals surface area contributed by atoms with Crippen molar-refractivity contribution in [3.8, 4) is 0 Å². The van der Waals surface area contributed by atoms with Crippen LogP contribution in [0.5, 0.6) is 0 Å². The van der Waals surface area contributed by atoms with Crippen LogP contribution in [0, 0.1) is 0 Å². The maximum atomic E-state index is 10.8. The molecule has 0 unspecified atom stereocenters. The molecular weight excluding hydrogens is 156 g/mol. The normalized spacial score (nSPS) is 14.6. The van der Waals surface area contributed by atoms with Crippen LogP contribution >= 0.6 is 0 Å². The van der Waals surface area contributed by atoms with E-state index < -0.39 is 0 Å². The van der Waals surface area contributed by atoms with Gasteiger partial charge in [-0.1, -0.05) is 6.08 Å². The Morgan fingerprint density at radius 3 is 3.08 bits per heavy atom. The molecule has 1 aliphatic rings. The van der Waals surface area contributed by atoms with Crippen LogP contribution < -0.4 is 0 Å². The van der Waals surface area contributed by atoms with Crippen LogP contribution in [0.1, 0.15) is 0 Å². The van der Waals surface area contributed by atoms with Gasteiger partial charge in [-0.15, -0.1) is 0 Å². The van der Waals surface area contributed by atoms with Crippen molar-refractivity contribution in [1.29, 1.82) is 0 Å². The SMILES string of the molecule is COC(=O)CN1C=CC=CC=N1. The number of hydrogen-bond donors (Lipinski definition) is 0. The highest BCUT2D eigenvalue weighted by Crippen LogP contribution is 1.95. The summed E-state index contributed by atoms with van der Waals surface area (Å²) in [6.07, 6.45) is 8.74. The van der Waals surface area contributed by atoms with Crippen molar-refractivity contribution in [2.45, 2.75) is 0 Å². The first-order chi connectivity index (χ1) is 5.83. The topological polar surface area (TPSA) is 41.9 Å². The summed E-state index contributed by atoms with van der Waals surface area (Å²) in [5, 5.41) is 5.45. The van der Waals surface area contributed by atoms with Crippen molar-refractivity contribution in [3.05, 3.63) is 24.4 Å². The quantitative estimate of drug-likeness (QED) is 0.562. The van der Waals surface area contributed by atoms with Gasteiger partial charge in [-0.3, -0.25) is 9.80 Å². The number of carbonyl (C=O) groups excluding carboxylic acids is 1. The minimum Gasteiger partial charge on any atom is -0.468 e. The van der Waals surface area contributed by atoms with E-state index in [1.165, 1.54) is 12.1 Å². The third-order valence-corrected chi connectivity index (χ3v) is 1.30. The largest absolute Gasteiger partial charge is 0.468 e. The minimum atomic E-state index is -0.307. The van der Waals surface area contributed by atoms with E-state index in [1.54, 1.807) is 24.6 Å². The van der Waals surface area contributed by atoms with Crippen LogP contribution in [0.4, 0.5) is 0 Å². The van der Waals surface area contributed by atoms with Crippen LogP contribution in [0.3, 0.4) is 0 Å². The first-order valence-corrected chi connectivity index (χ1v) is 3.54. The van der Waals surface area contributed by atoms with Crippen molar-refractivity contribution in [2.24, 2.45) is 5.10 Å². The molecular formula is C8H10N2O2. The summed E-state index contributed by atoms with van der Waals surface area (Å²) in [6, 6.07) is 0. The molecule has 0 bridgehead atoms. The molecule has 0 aromatic rings.